The van der Waals surface area contributed by atoms with Crippen LogP contribution in [0.5, 0.6) is 0 Å². The van der Waals surface area contributed by atoms with Gasteiger partial charge in [-0.15, -0.1) is 0 Å². The second kappa shape index (κ2) is 9.36. The monoisotopic (exact) mass is 195 g/mol. The van der Waals surface area contributed by atoms with Gasteiger partial charge in [0.25, 0.3) is 0 Å². The van der Waals surface area contributed by atoms with Crippen molar-refractivity contribution in [2.45, 2.75) is 13.3 Å². The zero-order valence-corrected chi connectivity index (χ0v) is 8.39. The predicted octanol–water partition coefficient (Wildman–Crippen LogP) is 0.299. The summed E-state index contributed by atoms with van der Waals surface area (Å²) in [7, 11) is -1.70. The summed E-state index contributed by atoms with van der Waals surface area (Å²) in [5, 5.41) is 3.14. The van der Waals surface area contributed by atoms with Crippen molar-refractivity contribution in [2.75, 3.05) is 32.5 Å². The van der Waals surface area contributed by atoms with E-state index in [-0.39, 0.29) is 0 Å². The molecule has 5 heteroatoms. The Labute approximate surface area is 74.9 Å². The summed E-state index contributed by atoms with van der Waals surface area (Å²) in [6, 6.07) is 0. The molecule has 0 spiro atoms. The summed E-state index contributed by atoms with van der Waals surface area (Å²) in [5.41, 5.74) is 0. The summed E-state index contributed by atoms with van der Waals surface area (Å²) in [5.74, 6) is 0. The van der Waals surface area contributed by atoms with Gasteiger partial charge in [-0.1, -0.05) is 0 Å². The van der Waals surface area contributed by atoms with Crippen LogP contribution in [0.4, 0.5) is 0 Å². The van der Waals surface area contributed by atoms with Crippen molar-refractivity contribution in [1.82, 2.24) is 5.32 Å². The van der Waals surface area contributed by atoms with Crippen LogP contribution in [0.15, 0.2) is 0 Å². The van der Waals surface area contributed by atoms with Gasteiger partial charge >= 0.3 is 0 Å². The molecular weight excluding hydrogens is 177 g/mol. The lowest BCUT2D eigenvalue weighted by atomic mass is 10.5. The molecule has 3 N–H and O–H groups in total. The topological polar surface area (TPSA) is 61.7 Å². The van der Waals surface area contributed by atoms with E-state index in [1.54, 1.807) is 0 Å². The molecule has 0 bridgehead atoms. The van der Waals surface area contributed by atoms with E-state index in [0.717, 1.165) is 32.7 Å². The number of nitrogens with one attached hydrogen (secondary N) is 1. The first-order valence-corrected chi connectivity index (χ1v) is 5.64. The molecule has 0 rings (SSSR count). The van der Waals surface area contributed by atoms with Gasteiger partial charge in [-0.05, 0) is 19.9 Å². The first-order chi connectivity index (χ1) is 5.77. The Hall–Kier alpha value is 0.270. The molecule has 74 valence electrons. The van der Waals surface area contributed by atoms with Gasteiger partial charge in [0.1, 0.15) is 0 Å². The van der Waals surface area contributed by atoms with Crippen molar-refractivity contribution >= 4 is 8.38 Å². The fraction of sp³-hybridized carbons (Fsp3) is 1.00. The largest absolute Gasteiger partial charge is 0.380 e. The summed E-state index contributed by atoms with van der Waals surface area (Å²) < 4.78 is 5.10. The van der Waals surface area contributed by atoms with Crippen molar-refractivity contribution < 1.29 is 14.5 Å². The summed E-state index contributed by atoms with van der Waals surface area (Å²) in [6.45, 7) is 5.10. The van der Waals surface area contributed by atoms with Crippen molar-refractivity contribution in [3.63, 3.8) is 0 Å². The zero-order chi connectivity index (χ0) is 9.23. The quantitative estimate of drug-likeness (QED) is 0.385. The molecule has 0 aromatic carbocycles. The molecule has 0 aliphatic carbocycles. The SMILES string of the molecule is CCOCCNCCCP(O)O. The van der Waals surface area contributed by atoms with Crippen LogP contribution < -0.4 is 5.32 Å². The standard InChI is InChI=1S/C7H18NO3P/c1-2-11-6-5-8-4-3-7-12(9)10/h8-10H,2-7H2,1H3. The molecule has 0 aliphatic heterocycles. The summed E-state index contributed by atoms with van der Waals surface area (Å²) in [4.78, 5) is 17.1. The second-order valence-electron chi connectivity index (χ2n) is 2.40. The first-order valence-electron chi connectivity index (χ1n) is 4.21. The van der Waals surface area contributed by atoms with Crippen LogP contribution in [0.3, 0.4) is 0 Å². The summed E-state index contributed by atoms with van der Waals surface area (Å²) >= 11 is 0. The fourth-order valence-corrected chi connectivity index (χ4v) is 1.20. The highest BCUT2D eigenvalue weighted by Crippen LogP contribution is 2.22. The molecule has 0 radical (unpaired) electrons. The van der Waals surface area contributed by atoms with Gasteiger partial charge < -0.3 is 19.8 Å². The molecule has 0 saturated carbocycles. The average molecular weight is 195 g/mol. The van der Waals surface area contributed by atoms with Crippen LogP contribution in [0.2, 0.25) is 0 Å². The van der Waals surface area contributed by atoms with Gasteiger partial charge in [-0.3, -0.25) is 0 Å². The minimum absolute atomic E-state index is 0.497. The number of hydrogen-bond acceptors (Lipinski definition) is 4. The van der Waals surface area contributed by atoms with E-state index in [0.29, 0.717) is 6.16 Å². The van der Waals surface area contributed by atoms with E-state index in [9.17, 15) is 0 Å². The third-order valence-electron chi connectivity index (χ3n) is 1.34. The molecule has 0 heterocycles. The molecular formula is C7H18NO3P. The fourth-order valence-electron chi connectivity index (χ4n) is 0.759. The normalized spacial score (nSPS) is 11.0. The van der Waals surface area contributed by atoms with Gasteiger partial charge in [0.15, 0.2) is 8.38 Å². The molecule has 12 heavy (non-hydrogen) atoms. The Bertz CT molecular complexity index is 92.7. The predicted molar refractivity (Wildman–Crippen MR) is 50.2 cm³/mol. The van der Waals surface area contributed by atoms with Crippen molar-refractivity contribution in [3.8, 4) is 0 Å². The van der Waals surface area contributed by atoms with E-state index >= 15 is 0 Å². The van der Waals surface area contributed by atoms with E-state index in [4.69, 9.17) is 14.5 Å². The minimum atomic E-state index is -1.70. The molecule has 0 unspecified atom stereocenters. The molecule has 0 aromatic heterocycles. The average Bonchev–Trinajstić information content (AvgIpc) is 2.02. The molecule has 4 nitrogen and oxygen atoms in total. The number of hydrogen-bond donors (Lipinski definition) is 3. The second-order valence-corrected chi connectivity index (χ2v) is 3.59. The summed E-state index contributed by atoms with van der Waals surface area (Å²) in [6.07, 6.45) is 1.31. The Kier molecular flexibility index (Phi) is 9.57. The minimum Gasteiger partial charge on any atom is -0.380 e. The smallest absolute Gasteiger partial charge is 0.164 e. The Morgan fingerprint density at radius 3 is 2.67 bits per heavy atom. The van der Waals surface area contributed by atoms with Gasteiger partial charge in [0.05, 0.1) is 6.61 Å². The van der Waals surface area contributed by atoms with Crippen LogP contribution in [-0.4, -0.2) is 42.3 Å². The lowest BCUT2D eigenvalue weighted by Crippen LogP contribution is -2.21. The van der Waals surface area contributed by atoms with Gasteiger partial charge in [-0.2, -0.15) is 0 Å². The maximum absolute atomic E-state index is 8.56. The number of rotatable bonds is 8. The van der Waals surface area contributed by atoms with E-state index in [1.807, 2.05) is 6.92 Å². The third-order valence-corrected chi connectivity index (χ3v) is 2.06. The van der Waals surface area contributed by atoms with Crippen molar-refractivity contribution in [3.05, 3.63) is 0 Å². The lowest BCUT2D eigenvalue weighted by Gasteiger charge is -2.04. The number of ether oxygens (including phenoxy) is 1. The van der Waals surface area contributed by atoms with Gasteiger partial charge in [-0.25, -0.2) is 0 Å². The van der Waals surface area contributed by atoms with Gasteiger partial charge in [0, 0.05) is 19.3 Å². The van der Waals surface area contributed by atoms with Crippen LogP contribution in [0, 0.1) is 0 Å². The van der Waals surface area contributed by atoms with E-state index < -0.39 is 8.38 Å². The molecule has 0 atom stereocenters. The van der Waals surface area contributed by atoms with E-state index in [2.05, 4.69) is 5.32 Å². The van der Waals surface area contributed by atoms with E-state index in [1.165, 1.54) is 0 Å². The Morgan fingerprint density at radius 1 is 1.33 bits per heavy atom. The molecule has 0 aromatic rings. The molecule has 0 amide bonds. The highest BCUT2D eigenvalue weighted by atomic mass is 31.2. The first kappa shape index (κ1) is 12.3. The highest BCUT2D eigenvalue weighted by Gasteiger charge is 1.96. The zero-order valence-electron chi connectivity index (χ0n) is 7.49. The third kappa shape index (κ3) is 10.3. The maximum atomic E-state index is 8.56. The lowest BCUT2D eigenvalue weighted by molar-refractivity contribution is 0.149. The van der Waals surface area contributed by atoms with Gasteiger partial charge in [0.2, 0.25) is 0 Å². The Balaban J connectivity index is 2.82. The van der Waals surface area contributed by atoms with Crippen LogP contribution in [0.1, 0.15) is 13.3 Å². The van der Waals surface area contributed by atoms with Crippen LogP contribution >= 0.6 is 8.38 Å². The van der Waals surface area contributed by atoms with Crippen LogP contribution in [-0.2, 0) is 4.74 Å². The molecule has 0 fully saturated rings. The Morgan fingerprint density at radius 2 is 2.08 bits per heavy atom. The highest BCUT2D eigenvalue weighted by molar-refractivity contribution is 7.45. The molecule has 0 saturated heterocycles. The maximum Gasteiger partial charge on any atom is 0.164 e. The molecule has 0 aliphatic rings. The van der Waals surface area contributed by atoms with Crippen LogP contribution in [0.25, 0.3) is 0 Å². The van der Waals surface area contributed by atoms with Crippen molar-refractivity contribution in [1.29, 1.82) is 0 Å². The van der Waals surface area contributed by atoms with Crippen molar-refractivity contribution in [2.24, 2.45) is 0 Å².